The van der Waals surface area contributed by atoms with Crippen LogP contribution in [-0.4, -0.2) is 6.61 Å². The normalized spacial score (nSPS) is 21.4. The Balaban J connectivity index is 1.80. The minimum Gasteiger partial charge on any atom is -0.494 e. The van der Waals surface area contributed by atoms with E-state index in [1.54, 1.807) is 0 Å². The molecule has 0 radical (unpaired) electrons. The average molecular weight is 308 g/mol. The molecule has 1 aromatic rings. The molecule has 3 heteroatoms. The summed E-state index contributed by atoms with van der Waals surface area (Å²) in [5, 5.41) is 0. The number of unbranched alkanes of at least 4 members (excludes halogenated alkanes) is 2. The van der Waals surface area contributed by atoms with Gasteiger partial charge in [0, 0.05) is 0 Å². The van der Waals surface area contributed by atoms with Crippen molar-refractivity contribution in [1.29, 1.82) is 0 Å². The first kappa shape index (κ1) is 17.0. The van der Waals surface area contributed by atoms with Crippen molar-refractivity contribution in [2.75, 3.05) is 6.61 Å². The van der Waals surface area contributed by atoms with Crippen LogP contribution in [0.25, 0.3) is 0 Å². The fourth-order valence-corrected chi connectivity index (χ4v) is 3.18. The highest BCUT2D eigenvalue weighted by Gasteiger charge is 2.21. The summed E-state index contributed by atoms with van der Waals surface area (Å²) in [7, 11) is 0. The Hall–Kier alpha value is -1.38. The molecule has 1 nitrogen and oxygen atoms in total. The maximum Gasteiger partial charge on any atom is 0.266 e. The lowest BCUT2D eigenvalue weighted by Crippen LogP contribution is -2.11. The molecular weight excluding hydrogens is 282 g/mol. The van der Waals surface area contributed by atoms with Gasteiger partial charge < -0.3 is 4.74 Å². The zero-order valence-corrected chi connectivity index (χ0v) is 13.4. The van der Waals surface area contributed by atoms with Crippen molar-refractivity contribution < 1.29 is 13.5 Å². The number of ether oxygens (including phenoxy) is 1. The van der Waals surface area contributed by atoms with Gasteiger partial charge in [-0.25, -0.2) is 0 Å². The first-order valence-corrected chi connectivity index (χ1v) is 8.44. The molecule has 22 heavy (non-hydrogen) atoms. The largest absolute Gasteiger partial charge is 0.494 e. The summed E-state index contributed by atoms with van der Waals surface area (Å²) in [6.07, 6.45) is 6.80. The van der Waals surface area contributed by atoms with Crippen LogP contribution in [0.15, 0.2) is 36.4 Å². The van der Waals surface area contributed by atoms with Crippen LogP contribution in [0.4, 0.5) is 8.78 Å². The molecule has 0 spiro atoms. The molecule has 0 atom stereocenters. The predicted octanol–water partition coefficient (Wildman–Crippen LogP) is 6.31. The molecule has 0 N–H and O–H groups in total. The van der Waals surface area contributed by atoms with Gasteiger partial charge in [-0.05, 0) is 67.7 Å². The van der Waals surface area contributed by atoms with Gasteiger partial charge in [0.25, 0.3) is 6.08 Å². The van der Waals surface area contributed by atoms with E-state index in [0.717, 1.165) is 50.5 Å². The van der Waals surface area contributed by atoms with Crippen molar-refractivity contribution in [2.24, 2.45) is 5.92 Å². The van der Waals surface area contributed by atoms with Crippen molar-refractivity contribution in [1.82, 2.24) is 0 Å². The maximum absolute atomic E-state index is 12.3. The maximum atomic E-state index is 12.3. The number of rotatable bonds is 7. The summed E-state index contributed by atoms with van der Waals surface area (Å²) in [6, 6.07) is 8.33. The molecule has 1 fully saturated rings. The van der Waals surface area contributed by atoms with Crippen LogP contribution >= 0.6 is 0 Å². The fraction of sp³-hybridized carbons (Fsp3) is 0.579. The fourth-order valence-electron chi connectivity index (χ4n) is 3.18. The summed E-state index contributed by atoms with van der Waals surface area (Å²) >= 11 is 0. The Morgan fingerprint density at radius 3 is 2.36 bits per heavy atom. The van der Waals surface area contributed by atoms with Crippen LogP contribution in [0.3, 0.4) is 0 Å². The van der Waals surface area contributed by atoms with Crippen molar-refractivity contribution >= 4 is 0 Å². The minimum atomic E-state index is -1.53. The minimum absolute atomic E-state index is 0.0578. The van der Waals surface area contributed by atoms with Gasteiger partial charge in [-0.1, -0.05) is 31.9 Å². The third kappa shape index (κ3) is 5.43. The molecule has 1 aromatic carbocycles. The molecule has 0 heterocycles. The van der Waals surface area contributed by atoms with Gasteiger partial charge in [-0.2, -0.15) is 8.78 Å². The highest BCUT2D eigenvalue weighted by molar-refractivity contribution is 5.29. The molecule has 0 saturated heterocycles. The quantitative estimate of drug-likeness (QED) is 0.536. The summed E-state index contributed by atoms with van der Waals surface area (Å²) in [4.78, 5) is 0. The van der Waals surface area contributed by atoms with Gasteiger partial charge in [0.15, 0.2) is 0 Å². The molecule has 0 unspecified atom stereocenters. The zero-order chi connectivity index (χ0) is 15.8. The van der Waals surface area contributed by atoms with Gasteiger partial charge in [-0.3, -0.25) is 0 Å². The molecule has 0 aliphatic heterocycles. The van der Waals surface area contributed by atoms with Crippen molar-refractivity contribution in [3.8, 4) is 5.75 Å². The Kier molecular flexibility index (Phi) is 6.88. The van der Waals surface area contributed by atoms with E-state index >= 15 is 0 Å². The number of halogens is 2. The molecule has 1 aliphatic rings. The van der Waals surface area contributed by atoms with Gasteiger partial charge in [0.1, 0.15) is 5.75 Å². The van der Waals surface area contributed by atoms with Gasteiger partial charge in [0.05, 0.1) is 6.61 Å². The molecule has 1 saturated carbocycles. The molecule has 0 amide bonds. The molecule has 0 aromatic heterocycles. The number of benzene rings is 1. The summed E-state index contributed by atoms with van der Waals surface area (Å²) in [6.45, 7) is 2.96. The first-order valence-electron chi connectivity index (χ1n) is 8.44. The molecule has 1 aliphatic carbocycles. The smallest absolute Gasteiger partial charge is 0.266 e. The lowest BCUT2D eigenvalue weighted by atomic mass is 9.79. The lowest BCUT2D eigenvalue weighted by Gasteiger charge is -2.26. The Bertz CT molecular complexity index is 455. The van der Waals surface area contributed by atoms with Gasteiger partial charge in [-0.15, -0.1) is 0 Å². The summed E-state index contributed by atoms with van der Waals surface area (Å²) in [5.41, 5.74) is 1.31. The van der Waals surface area contributed by atoms with E-state index in [9.17, 15) is 8.78 Å². The monoisotopic (exact) mass is 308 g/mol. The second kappa shape index (κ2) is 8.92. The number of allylic oxidation sites excluding steroid dienone is 1. The molecule has 122 valence electrons. The SMILES string of the molecule is CCCCCOc1ccc(C2CCC(C=C(F)F)CC2)cc1. The van der Waals surface area contributed by atoms with Crippen molar-refractivity contribution in [2.45, 2.75) is 57.8 Å². The van der Waals surface area contributed by atoms with Gasteiger partial charge >= 0.3 is 0 Å². The van der Waals surface area contributed by atoms with Crippen LogP contribution in [0, 0.1) is 5.92 Å². The standard InChI is InChI=1S/C19H26F2O/c1-2-3-4-13-22-18-11-9-17(10-12-18)16-7-5-15(6-8-16)14-19(20)21/h9-12,14-16H,2-8,13H2,1H3. The van der Waals surface area contributed by atoms with Crippen molar-refractivity contribution in [3.05, 3.63) is 42.0 Å². The van der Waals surface area contributed by atoms with E-state index in [1.165, 1.54) is 18.4 Å². The Labute approximate surface area is 132 Å². The topological polar surface area (TPSA) is 9.23 Å². The molecule has 2 rings (SSSR count). The number of hydrogen-bond acceptors (Lipinski definition) is 1. The molecular formula is C19H26F2O. The highest BCUT2D eigenvalue weighted by Crippen LogP contribution is 2.37. The van der Waals surface area contributed by atoms with Crippen molar-refractivity contribution in [3.63, 3.8) is 0 Å². The Morgan fingerprint density at radius 2 is 1.77 bits per heavy atom. The lowest BCUT2D eigenvalue weighted by molar-refractivity contribution is 0.306. The van der Waals surface area contributed by atoms with E-state index in [4.69, 9.17) is 4.74 Å². The average Bonchev–Trinajstić information content (AvgIpc) is 2.52. The van der Waals surface area contributed by atoms with E-state index < -0.39 is 6.08 Å². The second-order valence-electron chi connectivity index (χ2n) is 6.19. The van der Waals surface area contributed by atoms with Crippen LogP contribution in [0.2, 0.25) is 0 Å². The van der Waals surface area contributed by atoms with Crippen LogP contribution in [-0.2, 0) is 0 Å². The van der Waals surface area contributed by atoms with E-state index in [-0.39, 0.29) is 5.92 Å². The summed E-state index contributed by atoms with van der Waals surface area (Å²) < 4.78 is 30.3. The predicted molar refractivity (Wildman–Crippen MR) is 86.5 cm³/mol. The zero-order valence-electron chi connectivity index (χ0n) is 13.4. The summed E-state index contributed by atoms with van der Waals surface area (Å²) in [5.74, 6) is 1.49. The van der Waals surface area contributed by atoms with E-state index in [2.05, 4.69) is 19.1 Å². The third-order valence-electron chi connectivity index (χ3n) is 4.50. The van der Waals surface area contributed by atoms with E-state index in [1.807, 2.05) is 12.1 Å². The Morgan fingerprint density at radius 1 is 1.09 bits per heavy atom. The third-order valence-corrected chi connectivity index (χ3v) is 4.50. The van der Waals surface area contributed by atoms with Crippen LogP contribution < -0.4 is 4.74 Å². The van der Waals surface area contributed by atoms with Crippen LogP contribution in [0.5, 0.6) is 5.75 Å². The first-order chi connectivity index (χ1) is 10.7. The second-order valence-corrected chi connectivity index (χ2v) is 6.19. The van der Waals surface area contributed by atoms with Gasteiger partial charge in [0.2, 0.25) is 0 Å². The van der Waals surface area contributed by atoms with E-state index in [0.29, 0.717) is 5.92 Å². The number of hydrogen-bond donors (Lipinski definition) is 0. The van der Waals surface area contributed by atoms with Crippen LogP contribution in [0.1, 0.15) is 63.4 Å². The highest BCUT2D eigenvalue weighted by atomic mass is 19.3. The molecule has 0 bridgehead atoms.